The third kappa shape index (κ3) is 2.39. The summed E-state index contributed by atoms with van der Waals surface area (Å²) >= 11 is 0. The van der Waals surface area contributed by atoms with Crippen LogP contribution < -0.4 is 0 Å². The Morgan fingerprint density at radius 3 is 2.72 bits per heavy atom. The van der Waals surface area contributed by atoms with Crippen LogP contribution in [0.2, 0.25) is 0 Å². The molecule has 0 amide bonds. The number of aromatic nitrogens is 3. The van der Waals surface area contributed by atoms with Crippen molar-refractivity contribution in [3.05, 3.63) is 42.2 Å². The van der Waals surface area contributed by atoms with Gasteiger partial charge in [0.15, 0.2) is 0 Å². The van der Waals surface area contributed by atoms with Crippen LogP contribution in [0, 0.1) is 5.82 Å². The van der Waals surface area contributed by atoms with E-state index in [9.17, 15) is 12.8 Å². The fraction of sp³-hybridized carbons (Fsp3) is 0.200. The molecule has 0 fully saturated rings. The van der Waals surface area contributed by atoms with Crippen molar-refractivity contribution in [2.45, 2.75) is 11.4 Å². The number of rotatable bonds is 4. The monoisotopic (exact) mass is 270 g/mol. The van der Waals surface area contributed by atoms with Crippen LogP contribution in [0.25, 0.3) is 0 Å². The highest BCUT2D eigenvalue weighted by atomic mass is 32.2. The number of hydrogen-bond donors (Lipinski definition) is 1. The van der Waals surface area contributed by atoms with E-state index in [1.165, 1.54) is 31.6 Å². The second-order valence-corrected chi connectivity index (χ2v) is 5.64. The maximum absolute atomic E-state index is 13.5. The largest absolute Gasteiger partial charge is 0.262 e. The average molecular weight is 270 g/mol. The van der Waals surface area contributed by atoms with E-state index in [0.717, 1.165) is 10.4 Å². The Morgan fingerprint density at radius 2 is 2.11 bits per heavy atom. The van der Waals surface area contributed by atoms with Gasteiger partial charge in [0.2, 0.25) is 10.0 Å². The van der Waals surface area contributed by atoms with Gasteiger partial charge >= 0.3 is 0 Å². The maximum atomic E-state index is 13.5. The molecule has 96 valence electrons. The van der Waals surface area contributed by atoms with Gasteiger partial charge in [0.05, 0.1) is 6.54 Å². The Bertz CT molecular complexity index is 627. The van der Waals surface area contributed by atoms with Gasteiger partial charge in [-0.2, -0.15) is 9.40 Å². The van der Waals surface area contributed by atoms with E-state index in [1.54, 1.807) is 0 Å². The molecule has 0 saturated heterocycles. The summed E-state index contributed by atoms with van der Waals surface area (Å²) in [6, 6.07) is 5.24. The molecule has 2 rings (SSSR count). The average Bonchev–Trinajstić information content (AvgIpc) is 2.82. The van der Waals surface area contributed by atoms with Gasteiger partial charge in [0.1, 0.15) is 22.9 Å². The first-order valence-electron chi connectivity index (χ1n) is 5.07. The summed E-state index contributed by atoms with van der Waals surface area (Å²) in [7, 11) is -2.52. The molecule has 0 spiro atoms. The van der Waals surface area contributed by atoms with E-state index in [1.807, 2.05) is 0 Å². The molecule has 1 heterocycles. The van der Waals surface area contributed by atoms with E-state index < -0.39 is 15.8 Å². The summed E-state index contributed by atoms with van der Waals surface area (Å²) in [6.45, 7) is -0.00331. The molecule has 0 unspecified atom stereocenters. The molecule has 0 radical (unpaired) electrons. The molecule has 0 saturated carbocycles. The lowest BCUT2D eigenvalue weighted by molar-refractivity contribution is 0.451. The Balaban J connectivity index is 2.29. The van der Waals surface area contributed by atoms with E-state index in [-0.39, 0.29) is 11.4 Å². The predicted octanol–water partition coefficient (Wildman–Crippen LogP) is 0.764. The first kappa shape index (κ1) is 12.7. The summed E-state index contributed by atoms with van der Waals surface area (Å²) in [5.41, 5.74) is 0. The van der Waals surface area contributed by atoms with E-state index in [4.69, 9.17) is 0 Å². The summed E-state index contributed by atoms with van der Waals surface area (Å²) in [5.74, 6) is -0.390. The number of benzene rings is 1. The summed E-state index contributed by atoms with van der Waals surface area (Å²) in [5, 5.41) is 6.16. The molecule has 0 aliphatic heterocycles. The molecule has 2 aromatic rings. The minimum absolute atomic E-state index is 0.00331. The fourth-order valence-corrected chi connectivity index (χ4v) is 2.62. The lowest BCUT2D eigenvalue weighted by Crippen LogP contribution is -2.27. The molecule has 0 aliphatic rings. The first-order chi connectivity index (χ1) is 8.51. The van der Waals surface area contributed by atoms with Crippen molar-refractivity contribution in [1.82, 2.24) is 19.5 Å². The quantitative estimate of drug-likeness (QED) is 0.889. The maximum Gasteiger partial charge on any atom is 0.246 e. The molecule has 1 aromatic heterocycles. The van der Waals surface area contributed by atoms with Gasteiger partial charge in [0.25, 0.3) is 0 Å². The van der Waals surface area contributed by atoms with Crippen molar-refractivity contribution in [1.29, 1.82) is 0 Å². The van der Waals surface area contributed by atoms with Crippen LogP contribution in [0.5, 0.6) is 0 Å². The number of nitrogens with one attached hydrogen (secondary N) is 1. The lowest BCUT2D eigenvalue weighted by Gasteiger charge is -2.15. The van der Waals surface area contributed by atoms with E-state index in [2.05, 4.69) is 15.2 Å². The fourth-order valence-electron chi connectivity index (χ4n) is 1.42. The summed E-state index contributed by atoms with van der Waals surface area (Å²) in [6.07, 6.45) is 1.28. The highest BCUT2D eigenvalue weighted by Gasteiger charge is 2.24. The van der Waals surface area contributed by atoms with Gasteiger partial charge in [-0.1, -0.05) is 12.1 Å². The predicted molar refractivity (Wildman–Crippen MR) is 61.4 cm³/mol. The molecule has 1 aromatic carbocycles. The number of nitrogens with zero attached hydrogens (tertiary/aromatic N) is 3. The van der Waals surface area contributed by atoms with Crippen LogP contribution in [0.1, 0.15) is 5.82 Å². The van der Waals surface area contributed by atoms with Gasteiger partial charge in [-0.25, -0.2) is 17.8 Å². The molecule has 0 aliphatic carbocycles. The highest BCUT2D eigenvalue weighted by molar-refractivity contribution is 7.89. The zero-order valence-corrected chi connectivity index (χ0v) is 10.4. The number of sulfonamides is 1. The van der Waals surface area contributed by atoms with Crippen LogP contribution in [0.4, 0.5) is 4.39 Å². The standard InChI is InChI=1S/C10H11FN4O2S/c1-15(6-10-12-7-13-14-10)18(16,17)9-5-3-2-4-8(9)11/h2-5,7H,6H2,1H3,(H,12,13,14). The lowest BCUT2D eigenvalue weighted by atomic mass is 10.4. The van der Waals surface area contributed by atoms with Gasteiger partial charge in [0, 0.05) is 7.05 Å². The molecule has 0 bridgehead atoms. The van der Waals surface area contributed by atoms with Crippen molar-refractivity contribution in [2.24, 2.45) is 0 Å². The second-order valence-electron chi connectivity index (χ2n) is 3.62. The van der Waals surface area contributed by atoms with Gasteiger partial charge in [-0.3, -0.25) is 5.10 Å². The van der Waals surface area contributed by atoms with Gasteiger partial charge in [-0.15, -0.1) is 0 Å². The normalized spacial score (nSPS) is 11.9. The zero-order chi connectivity index (χ0) is 13.2. The molecule has 0 atom stereocenters. The number of halogens is 1. The van der Waals surface area contributed by atoms with E-state index in [0.29, 0.717) is 5.82 Å². The molecule has 1 N–H and O–H groups in total. The zero-order valence-electron chi connectivity index (χ0n) is 9.54. The Morgan fingerprint density at radius 1 is 1.39 bits per heavy atom. The Kier molecular flexibility index (Phi) is 3.39. The van der Waals surface area contributed by atoms with Crippen molar-refractivity contribution >= 4 is 10.0 Å². The smallest absolute Gasteiger partial charge is 0.246 e. The van der Waals surface area contributed by atoms with Crippen LogP contribution >= 0.6 is 0 Å². The van der Waals surface area contributed by atoms with Crippen molar-refractivity contribution < 1.29 is 12.8 Å². The van der Waals surface area contributed by atoms with Crippen molar-refractivity contribution in [3.8, 4) is 0 Å². The molecular weight excluding hydrogens is 259 g/mol. The highest BCUT2D eigenvalue weighted by Crippen LogP contribution is 2.18. The number of hydrogen-bond acceptors (Lipinski definition) is 4. The molecule has 18 heavy (non-hydrogen) atoms. The van der Waals surface area contributed by atoms with Gasteiger partial charge < -0.3 is 0 Å². The van der Waals surface area contributed by atoms with Crippen molar-refractivity contribution in [2.75, 3.05) is 7.05 Å². The van der Waals surface area contributed by atoms with Crippen molar-refractivity contribution in [3.63, 3.8) is 0 Å². The van der Waals surface area contributed by atoms with Crippen LogP contribution in [-0.2, 0) is 16.6 Å². The summed E-state index contributed by atoms with van der Waals surface area (Å²) < 4.78 is 38.7. The Hall–Kier alpha value is -1.80. The SMILES string of the molecule is CN(Cc1ncn[nH]1)S(=O)(=O)c1ccccc1F. The Labute approximate surface area is 104 Å². The van der Waals surface area contributed by atoms with Crippen LogP contribution in [0.15, 0.2) is 35.5 Å². The third-order valence-corrected chi connectivity index (χ3v) is 4.20. The third-order valence-electron chi connectivity index (χ3n) is 2.36. The van der Waals surface area contributed by atoms with Crippen LogP contribution in [-0.4, -0.2) is 35.0 Å². The van der Waals surface area contributed by atoms with E-state index >= 15 is 0 Å². The molecule has 6 nitrogen and oxygen atoms in total. The minimum atomic E-state index is -3.88. The van der Waals surface area contributed by atoms with Gasteiger partial charge in [-0.05, 0) is 12.1 Å². The topological polar surface area (TPSA) is 79.0 Å². The first-order valence-corrected chi connectivity index (χ1v) is 6.51. The minimum Gasteiger partial charge on any atom is -0.262 e. The number of aromatic amines is 1. The number of H-pyrrole nitrogens is 1. The molecule has 8 heteroatoms. The summed E-state index contributed by atoms with van der Waals surface area (Å²) in [4.78, 5) is 3.46. The molecular formula is C10H11FN4O2S. The second kappa shape index (κ2) is 4.83. The van der Waals surface area contributed by atoms with Crippen LogP contribution in [0.3, 0.4) is 0 Å².